The van der Waals surface area contributed by atoms with E-state index in [2.05, 4.69) is 17.2 Å². The number of halogens is 1. The van der Waals surface area contributed by atoms with Gasteiger partial charge in [0.05, 0.1) is 0 Å². The van der Waals surface area contributed by atoms with E-state index in [1.54, 1.807) is 0 Å². The van der Waals surface area contributed by atoms with Gasteiger partial charge in [0.25, 0.3) is 5.91 Å². The summed E-state index contributed by atoms with van der Waals surface area (Å²) in [5.74, 6) is 0.279. The van der Waals surface area contributed by atoms with Crippen molar-refractivity contribution in [2.75, 3.05) is 19.6 Å². The van der Waals surface area contributed by atoms with Gasteiger partial charge in [-0.05, 0) is 49.8 Å². The van der Waals surface area contributed by atoms with E-state index in [1.165, 1.54) is 18.4 Å². The number of nitrogens with zero attached hydrogens (tertiary/aromatic N) is 2. The maximum Gasteiger partial charge on any atom is 0.254 e. The van der Waals surface area contributed by atoms with Crippen LogP contribution in [0.25, 0.3) is 0 Å². The van der Waals surface area contributed by atoms with Crippen LogP contribution in [-0.2, 0) is 9.63 Å². The fraction of sp³-hybridized carbons (Fsp3) is 0.632. The first-order chi connectivity index (χ1) is 11.7. The highest BCUT2D eigenvalue weighted by molar-refractivity contribution is 6.30. The number of amides is 1. The minimum Gasteiger partial charge on any atom is -0.340 e. The van der Waals surface area contributed by atoms with Gasteiger partial charge in [0.2, 0.25) is 0 Å². The average molecular weight is 349 g/mol. The molecule has 1 aromatic rings. The molecule has 3 heterocycles. The van der Waals surface area contributed by atoms with Crippen LogP contribution in [-0.4, -0.2) is 47.7 Å². The van der Waals surface area contributed by atoms with Gasteiger partial charge in [0.1, 0.15) is 0 Å². The van der Waals surface area contributed by atoms with Gasteiger partial charge in [-0.3, -0.25) is 9.63 Å². The number of piperidine rings is 2. The van der Waals surface area contributed by atoms with Crippen LogP contribution >= 0.6 is 11.6 Å². The van der Waals surface area contributed by atoms with Crippen molar-refractivity contribution >= 4 is 17.5 Å². The molecule has 0 saturated carbocycles. The van der Waals surface area contributed by atoms with E-state index in [1.807, 2.05) is 17.0 Å². The fourth-order valence-corrected chi connectivity index (χ4v) is 4.53. The third-order valence-corrected chi connectivity index (χ3v) is 5.91. The summed E-state index contributed by atoms with van der Waals surface area (Å²) in [6.07, 6.45) is 6.51. The van der Waals surface area contributed by atoms with Gasteiger partial charge in [-0.1, -0.05) is 30.2 Å². The van der Waals surface area contributed by atoms with Crippen LogP contribution in [0.2, 0.25) is 5.02 Å². The molecule has 3 aliphatic rings. The lowest BCUT2D eigenvalue weighted by molar-refractivity contribution is -0.186. The van der Waals surface area contributed by atoms with E-state index in [0.717, 1.165) is 50.3 Å². The molecule has 24 heavy (non-hydrogen) atoms. The maximum absolute atomic E-state index is 13.1. The summed E-state index contributed by atoms with van der Waals surface area (Å²) in [5.41, 5.74) is 1.17. The van der Waals surface area contributed by atoms with E-state index < -0.39 is 0 Å². The topological polar surface area (TPSA) is 32.8 Å². The molecule has 130 valence electrons. The van der Waals surface area contributed by atoms with Crippen molar-refractivity contribution in [2.24, 2.45) is 0 Å². The second kappa shape index (κ2) is 7.03. The Kier molecular flexibility index (Phi) is 4.79. The predicted octanol–water partition coefficient (Wildman–Crippen LogP) is 3.60. The Hall–Kier alpha value is -1.10. The Morgan fingerprint density at radius 2 is 1.71 bits per heavy atom. The zero-order valence-electron chi connectivity index (χ0n) is 14.0. The Morgan fingerprint density at radius 1 is 1.00 bits per heavy atom. The molecule has 0 radical (unpaired) electrons. The molecule has 4 nitrogen and oxygen atoms in total. The van der Waals surface area contributed by atoms with Crippen LogP contribution in [0.4, 0.5) is 0 Å². The minimum atomic E-state index is -0.382. The van der Waals surface area contributed by atoms with Crippen LogP contribution in [0.15, 0.2) is 24.3 Å². The summed E-state index contributed by atoms with van der Waals surface area (Å²) in [7, 11) is 0. The van der Waals surface area contributed by atoms with Crippen molar-refractivity contribution in [1.29, 1.82) is 0 Å². The monoisotopic (exact) mass is 348 g/mol. The van der Waals surface area contributed by atoms with Crippen molar-refractivity contribution < 1.29 is 9.63 Å². The minimum absolute atomic E-state index is 0.108. The molecule has 1 aromatic carbocycles. The molecule has 0 aromatic heterocycles. The zero-order chi connectivity index (χ0) is 16.5. The van der Waals surface area contributed by atoms with Gasteiger partial charge in [-0.25, -0.2) is 0 Å². The van der Waals surface area contributed by atoms with Gasteiger partial charge in [0, 0.05) is 36.6 Å². The van der Waals surface area contributed by atoms with E-state index in [4.69, 9.17) is 16.4 Å². The van der Waals surface area contributed by atoms with Crippen LogP contribution in [0, 0.1) is 0 Å². The average Bonchev–Trinajstić information content (AvgIpc) is 3.02. The Labute approximate surface area is 148 Å². The first kappa shape index (κ1) is 16.4. The molecule has 3 saturated heterocycles. The Morgan fingerprint density at radius 3 is 2.46 bits per heavy atom. The van der Waals surface area contributed by atoms with Gasteiger partial charge in [-0.15, -0.1) is 0 Å². The lowest BCUT2D eigenvalue weighted by atomic mass is 9.83. The van der Waals surface area contributed by atoms with Crippen molar-refractivity contribution in [3.05, 3.63) is 34.9 Å². The van der Waals surface area contributed by atoms with Gasteiger partial charge >= 0.3 is 0 Å². The van der Waals surface area contributed by atoms with E-state index in [-0.39, 0.29) is 17.9 Å². The molecule has 0 spiro atoms. The second-order valence-electron chi connectivity index (χ2n) is 7.19. The molecule has 4 rings (SSSR count). The standard InChI is InChI=1S/C19H25ClN2O2/c20-15-9-7-14(8-10-15)17-16-6-2-5-13-22(16)24-18(17)19(23)21-11-3-1-4-12-21/h7-10,16-18H,1-6,11-13H2/t16-,17-,18-/m0/s1. The van der Waals surface area contributed by atoms with Crippen LogP contribution in [0.5, 0.6) is 0 Å². The SMILES string of the molecule is O=C([C@H]1ON2CCCC[C@H]2[C@@H]1c1ccc(Cl)cc1)N1CCCCC1. The van der Waals surface area contributed by atoms with Crippen LogP contribution < -0.4 is 0 Å². The molecule has 0 unspecified atom stereocenters. The van der Waals surface area contributed by atoms with E-state index >= 15 is 0 Å². The molecule has 1 amide bonds. The summed E-state index contributed by atoms with van der Waals surface area (Å²) in [5, 5.41) is 2.81. The Balaban J connectivity index is 1.62. The molecule has 3 atom stereocenters. The third kappa shape index (κ3) is 3.07. The number of carbonyl (C=O) groups excluding carboxylic acids is 1. The quantitative estimate of drug-likeness (QED) is 0.818. The van der Waals surface area contributed by atoms with E-state index in [9.17, 15) is 4.79 Å². The lowest BCUT2D eigenvalue weighted by Gasteiger charge is -2.31. The number of rotatable bonds is 2. The Bertz CT molecular complexity index is 586. The molecular weight excluding hydrogens is 324 g/mol. The normalized spacial score (nSPS) is 31.0. The third-order valence-electron chi connectivity index (χ3n) is 5.65. The number of benzene rings is 1. The number of fused-ring (bicyclic) bond motifs is 1. The van der Waals surface area contributed by atoms with Crippen molar-refractivity contribution in [1.82, 2.24) is 9.96 Å². The van der Waals surface area contributed by atoms with E-state index in [0.29, 0.717) is 6.04 Å². The highest BCUT2D eigenvalue weighted by Gasteiger charge is 2.49. The molecular formula is C19H25ClN2O2. The highest BCUT2D eigenvalue weighted by atomic mass is 35.5. The summed E-state index contributed by atoms with van der Waals surface area (Å²) in [6, 6.07) is 8.27. The number of hydroxylamine groups is 2. The lowest BCUT2D eigenvalue weighted by Crippen LogP contribution is -2.44. The summed E-state index contributed by atoms with van der Waals surface area (Å²) >= 11 is 6.06. The largest absolute Gasteiger partial charge is 0.340 e. The molecule has 0 aliphatic carbocycles. The zero-order valence-corrected chi connectivity index (χ0v) is 14.8. The van der Waals surface area contributed by atoms with Crippen LogP contribution in [0.3, 0.4) is 0 Å². The first-order valence-electron chi connectivity index (χ1n) is 9.22. The smallest absolute Gasteiger partial charge is 0.254 e. The molecule has 5 heteroatoms. The maximum atomic E-state index is 13.1. The number of carbonyl (C=O) groups is 1. The summed E-state index contributed by atoms with van der Waals surface area (Å²) < 4.78 is 0. The van der Waals surface area contributed by atoms with Gasteiger partial charge in [-0.2, -0.15) is 5.06 Å². The van der Waals surface area contributed by atoms with Crippen molar-refractivity contribution in [2.45, 2.75) is 56.6 Å². The number of hydrogen-bond donors (Lipinski definition) is 0. The predicted molar refractivity (Wildman–Crippen MR) is 93.8 cm³/mol. The van der Waals surface area contributed by atoms with Gasteiger partial charge in [0.15, 0.2) is 6.10 Å². The second-order valence-corrected chi connectivity index (χ2v) is 7.63. The molecule has 0 N–H and O–H groups in total. The van der Waals surface area contributed by atoms with Gasteiger partial charge < -0.3 is 4.90 Å². The van der Waals surface area contributed by atoms with Crippen molar-refractivity contribution in [3.8, 4) is 0 Å². The van der Waals surface area contributed by atoms with Crippen LogP contribution in [0.1, 0.15) is 50.0 Å². The highest BCUT2D eigenvalue weighted by Crippen LogP contribution is 2.41. The number of likely N-dealkylation sites (tertiary alicyclic amines) is 1. The number of hydrogen-bond acceptors (Lipinski definition) is 3. The fourth-order valence-electron chi connectivity index (χ4n) is 4.41. The summed E-state index contributed by atoms with van der Waals surface area (Å²) in [4.78, 5) is 21.3. The first-order valence-corrected chi connectivity index (χ1v) is 9.59. The van der Waals surface area contributed by atoms with Crippen molar-refractivity contribution in [3.63, 3.8) is 0 Å². The summed E-state index contributed by atoms with van der Waals surface area (Å²) in [6.45, 7) is 2.67. The molecule has 3 aliphatic heterocycles. The molecule has 0 bridgehead atoms. The molecule has 3 fully saturated rings.